The van der Waals surface area contributed by atoms with Gasteiger partial charge in [0.05, 0.1) is 0 Å². The highest BCUT2D eigenvalue weighted by Gasteiger charge is 2.23. The fourth-order valence-electron chi connectivity index (χ4n) is 2.10. The number of hydrogen-bond acceptors (Lipinski definition) is 3. The van der Waals surface area contributed by atoms with Crippen LogP contribution in [0.15, 0.2) is 24.3 Å². The van der Waals surface area contributed by atoms with E-state index in [-0.39, 0.29) is 18.0 Å². The summed E-state index contributed by atoms with van der Waals surface area (Å²) in [6.45, 7) is 0.545. The number of nitrogens with zero attached hydrogens (tertiary/aromatic N) is 1. The molecule has 6 heteroatoms. The number of carbonyl (C=O) groups excluding carboxylic acids is 2. The van der Waals surface area contributed by atoms with Gasteiger partial charge in [-0.25, -0.2) is 4.79 Å². The molecule has 0 saturated carbocycles. The number of anilines is 2. The Morgan fingerprint density at radius 3 is 2.95 bits per heavy atom. The predicted molar refractivity (Wildman–Crippen MR) is 73.7 cm³/mol. The van der Waals surface area contributed by atoms with Crippen molar-refractivity contribution in [1.82, 2.24) is 10.2 Å². The Hall–Kier alpha value is -2.24. The maximum atomic E-state index is 11.8. The minimum Gasteiger partial charge on any atom is -0.399 e. The molecular weight excluding hydrogens is 244 g/mol. The van der Waals surface area contributed by atoms with Crippen molar-refractivity contribution in [1.29, 1.82) is 0 Å². The van der Waals surface area contributed by atoms with E-state index in [1.807, 2.05) is 0 Å². The standard InChI is InChI=1S/C13H18N4O2/c1-17-8-11(5-6-12(17)18)16-13(19)15-10-4-2-3-9(14)7-10/h2-4,7,11H,5-6,8,14H2,1H3,(H2,15,16,19). The van der Waals surface area contributed by atoms with E-state index in [2.05, 4.69) is 10.6 Å². The van der Waals surface area contributed by atoms with Crippen molar-refractivity contribution in [3.05, 3.63) is 24.3 Å². The molecule has 0 spiro atoms. The van der Waals surface area contributed by atoms with Gasteiger partial charge in [-0.05, 0) is 24.6 Å². The molecule has 1 unspecified atom stereocenters. The van der Waals surface area contributed by atoms with Gasteiger partial charge < -0.3 is 21.3 Å². The molecule has 6 nitrogen and oxygen atoms in total. The maximum Gasteiger partial charge on any atom is 0.319 e. The van der Waals surface area contributed by atoms with Gasteiger partial charge in [0.1, 0.15) is 0 Å². The first-order valence-corrected chi connectivity index (χ1v) is 6.21. The molecule has 1 aromatic carbocycles. The average molecular weight is 262 g/mol. The Balaban J connectivity index is 1.86. The summed E-state index contributed by atoms with van der Waals surface area (Å²) in [5.41, 5.74) is 6.88. The molecule has 1 atom stereocenters. The molecule has 19 heavy (non-hydrogen) atoms. The van der Waals surface area contributed by atoms with Crippen LogP contribution in [0.2, 0.25) is 0 Å². The van der Waals surface area contributed by atoms with Gasteiger partial charge >= 0.3 is 6.03 Å². The molecule has 1 aliphatic heterocycles. The number of benzene rings is 1. The summed E-state index contributed by atoms with van der Waals surface area (Å²) in [4.78, 5) is 24.8. The van der Waals surface area contributed by atoms with Crippen molar-refractivity contribution in [2.24, 2.45) is 0 Å². The Kier molecular flexibility index (Phi) is 3.89. The Morgan fingerprint density at radius 2 is 2.26 bits per heavy atom. The van der Waals surface area contributed by atoms with Crippen LogP contribution in [0.5, 0.6) is 0 Å². The summed E-state index contributed by atoms with van der Waals surface area (Å²) in [5.74, 6) is 0.120. The Morgan fingerprint density at radius 1 is 1.47 bits per heavy atom. The molecular formula is C13H18N4O2. The second kappa shape index (κ2) is 5.60. The van der Waals surface area contributed by atoms with Crippen molar-refractivity contribution in [3.63, 3.8) is 0 Å². The zero-order valence-corrected chi connectivity index (χ0v) is 10.8. The van der Waals surface area contributed by atoms with Crippen LogP contribution in [0.4, 0.5) is 16.2 Å². The summed E-state index contributed by atoms with van der Waals surface area (Å²) >= 11 is 0. The molecule has 4 N–H and O–H groups in total. The first-order valence-electron chi connectivity index (χ1n) is 6.21. The van der Waals surface area contributed by atoms with Gasteiger partial charge in [-0.15, -0.1) is 0 Å². The van der Waals surface area contributed by atoms with Gasteiger partial charge in [0.25, 0.3) is 0 Å². The van der Waals surface area contributed by atoms with Crippen LogP contribution >= 0.6 is 0 Å². The van der Waals surface area contributed by atoms with Crippen LogP contribution in [0, 0.1) is 0 Å². The van der Waals surface area contributed by atoms with Gasteiger partial charge in [0, 0.05) is 37.4 Å². The number of carbonyl (C=O) groups is 2. The third-order valence-corrected chi connectivity index (χ3v) is 3.11. The minimum atomic E-state index is -0.279. The lowest BCUT2D eigenvalue weighted by atomic mass is 10.1. The third-order valence-electron chi connectivity index (χ3n) is 3.11. The number of amides is 3. The van der Waals surface area contributed by atoms with Crippen LogP contribution in [-0.4, -0.2) is 36.5 Å². The zero-order valence-electron chi connectivity index (χ0n) is 10.8. The van der Waals surface area contributed by atoms with Gasteiger partial charge in [0.15, 0.2) is 0 Å². The first-order chi connectivity index (χ1) is 9.04. The van der Waals surface area contributed by atoms with E-state index in [4.69, 9.17) is 5.73 Å². The summed E-state index contributed by atoms with van der Waals surface area (Å²) in [6.07, 6.45) is 1.15. The van der Waals surface area contributed by atoms with E-state index in [0.29, 0.717) is 30.8 Å². The number of likely N-dealkylation sites (N-methyl/N-ethyl adjacent to an activating group) is 1. The third kappa shape index (κ3) is 3.61. The van der Waals surface area contributed by atoms with Gasteiger partial charge in [0.2, 0.25) is 5.91 Å². The molecule has 3 amide bonds. The molecule has 0 radical (unpaired) electrons. The zero-order chi connectivity index (χ0) is 13.8. The van der Waals surface area contributed by atoms with Crippen LogP contribution in [0.25, 0.3) is 0 Å². The number of urea groups is 1. The predicted octanol–water partition coefficient (Wildman–Crippen LogP) is 1.01. The molecule has 0 aliphatic carbocycles. The van der Waals surface area contributed by atoms with Crippen LogP contribution in [0.3, 0.4) is 0 Å². The molecule has 1 aromatic rings. The van der Waals surface area contributed by atoms with E-state index < -0.39 is 0 Å². The van der Waals surface area contributed by atoms with Gasteiger partial charge in [-0.1, -0.05) is 6.07 Å². The summed E-state index contributed by atoms with van der Waals surface area (Å²) in [7, 11) is 1.74. The normalized spacial score (nSPS) is 19.1. The number of likely N-dealkylation sites (tertiary alicyclic amines) is 1. The summed E-state index contributed by atoms with van der Waals surface area (Å²) in [6, 6.07) is 6.70. The van der Waals surface area contributed by atoms with Crippen LogP contribution in [0.1, 0.15) is 12.8 Å². The maximum absolute atomic E-state index is 11.8. The van der Waals surface area contributed by atoms with E-state index >= 15 is 0 Å². The first kappa shape index (κ1) is 13.2. The minimum absolute atomic E-state index is 0.0104. The number of piperidine rings is 1. The van der Waals surface area contributed by atoms with Crippen molar-refractivity contribution in [2.75, 3.05) is 24.6 Å². The van der Waals surface area contributed by atoms with E-state index in [0.717, 1.165) is 0 Å². The smallest absolute Gasteiger partial charge is 0.319 e. The lowest BCUT2D eigenvalue weighted by Gasteiger charge is -2.30. The molecule has 102 valence electrons. The topological polar surface area (TPSA) is 87.5 Å². The van der Waals surface area contributed by atoms with Crippen molar-refractivity contribution in [3.8, 4) is 0 Å². The van der Waals surface area contributed by atoms with Gasteiger partial charge in [-0.3, -0.25) is 4.79 Å². The van der Waals surface area contributed by atoms with Gasteiger partial charge in [-0.2, -0.15) is 0 Å². The molecule has 1 aliphatic rings. The van der Waals surface area contributed by atoms with Crippen LogP contribution in [-0.2, 0) is 4.79 Å². The lowest BCUT2D eigenvalue weighted by Crippen LogP contribution is -2.49. The fourth-order valence-corrected chi connectivity index (χ4v) is 2.10. The molecule has 1 fully saturated rings. The molecule has 1 heterocycles. The molecule has 1 saturated heterocycles. The Bertz CT molecular complexity index is 489. The van der Waals surface area contributed by atoms with Crippen LogP contribution < -0.4 is 16.4 Å². The quantitative estimate of drug-likeness (QED) is 0.695. The van der Waals surface area contributed by atoms with E-state index in [9.17, 15) is 9.59 Å². The van der Waals surface area contributed by atoms with E-state index in [1.165, 1.54) is 0 Å². The highest BCUT2D eigenvalue weighted by molar-refractivity contribution is 5.90. The van der Waals surface area contributed by atoms with Crippen molar-refractivity contribution < 1.29 is 9.59 Å². The van der Waals surface area contributed by atoms with Crippen molar-refractivity contribution >= 4 is 23.3 Å². The summed E-state index contributed by atoms with van der Waals surface area (Å²) < 4.78 is 0. The molecule has 2 rings (SSSR count). The highest BCUT2D eigenvalue weighted by atomic mass is 16.2. The lowest BCUT2D eigenvalue weighted by molar-refractivity contribution is -0.132. The average Bonchev–Trinajstić information content (AvgIpc) is 2.34. The number of nitrogen functional groups attached to an aromatic ring is 1. The SMILES string of the molecule is CN1CC(NC(=O)Nc2cccc(N)c2)CCC1=O. The van der Waals surface area contributed by atoms with E-state index in [1.54, 1.807) is 36.2 Å². The number of hydrogen-bond donors (Lipinski definition) is 3. The highest BCUT2D eigenvalue weighted by Crippen LogP contribution is 2.13. The Labute approximate surface area is 112 Å². The fraction of sp³-hybridized carbons (Fsp3) is 0.385. The molecule has 0 bridgehead atoms. The number of rotatable bonds is 2. The number of nitrogens with one attached hydrogen (secondary N) is 2. The second-order valence-corrected chi connectivity index (χ2v) is 4.73. The number of nitrogens with two attached hydrogens (primary N) is 1. The van der Waals surface area contributed by atoms with Crippen molar-refractivity contribution in [2.45, 2.75) is 18.9 Å². The monoisotopic (exact) mass is 262 g/mol. The summed E-state index contributed by atoms with van der Waals surface area (Å²) in [5, 5.41) is 5.58. The molecule has 0 aromatic heterocycles. The second-order valence-electron chi connectivity index (χ2n) is 4.73. The largest absolute Gasteiger partial charge is 0.399 e.